The number of furan rings is 1. The summed E-state index contributed by atoms with van der Waals surface area (Å²) in [7, 11) is 0. The second kappa shape index (κ2) is 9.92. The lowest BCUT2D eigenvalue weighted by atomic mass is 10.0. The summed E-state index contributed by atoms with van der Waals surface area (Å²) in [6.45, 7) is 3.23. The maximum atomic E-state index is 11.9. The van der Waals surface area contributed by atoms with Gasteiger partial charge in [0.05, 0.1) is 19.7 Å². The molecule has 2 N–H and O–H groups in total. The van der Waals surface area contributed by atoms with Crippen molar-refractivity contribution >= 4 is 23.3 Å². The first kappa shape index (κ1) is 22.5. The fraction of sp³-hybridized carbons (Fsp3) is 0.400. The first-order valence-electron chi connectivity index (χ1n) is 11.6. The van der Waals surface area contributed by atoms with E-state index in [2.05, 4.69) is 9.88 Å². The van der Waals surface area contributed by atoms with E-state index in [9.17, 15) is 9.59 Å². The van der Waals surface area contributed by atoms with E-state index in [1.54, 1.807) is 11.3 Å². The molecule has 1 saturated heterocycles. The number of amides is 1. The maximum Gasteiger partial charge on any atom is 0.237 e. The number of aromatic nitrogens is 1. The van der Waals surface area contributed by atoms with Gasteiger partial charge in [-0.2, -0.15) is 5.06 Å². The van der Waals surface area contributed by atoms with Gasteiger partial charge in [-0.25, -0.2) is 0 Å². The number of carbonyl (C=O) groups is 2. The number of hydroxylamine groups is 2. The van der Waals surface area contributed by atoms with Gasteiger partial charge in [-0.3, -0.25) is 19.5 Å². The van der Waals surface area contributed by atoms with Gasteiger partial charge in [0, 0.05) is 31.8 Å². The molecule has 2 aromatic heterocycles. The van der Waals surface area contributed by atoms with E-state index in [0.29, 0.717) is 19.6 Å². The lowest BCUT2D eigenvalue weighted by molar-refractivity contribution is -0.213. The normalized spacial score (nSPS) is 19.7. The number of rotatable bonds is 9. The van der Waals surface area contributed by atoms with Crippen LogP contribution in [0.25, 0.3) is 11.1 Å². The molecule has 1 aromatic carbocycles. The van der Waals surface area contributed by atoms with E-state index in [0.717, 1.165) is 66.1 Å². The minimum absolute atomic E-state index is 0.0856. The Kier molecular flexibility index (Phi) is 6.57. The number of pyridine rings is 1. The van der Waals surface area contributed by atoms with Crippen LogP contribution in [0.5, 0.6) is 5.75 Å². The molecular formula is C25H28N4O5. The molecule has 9 nitrogen and oxygen atoms in total. The molecule has 0 aliphatic carbocycles. The summed E-state index contributed by atoms with van der Waals surface area (Å²) in [5.74, 6) is 1.20. The van der Waals surface area contributed by atoms with Gasteiger partial charge in [0.2, 0.25) is 5.91 Å². The number of aldehydes is 1. The largest absolute Gasteiger partial charge is 0.489 e. The van der Waals surface area contributed by atoms with Crippen molar-refractivity contribution in [3.8, 4) is 5.75 Å². The van der Waals surface area contributed by atoms with Gasteiger partial charge in [0.15, 0.2) is 5.58 Å². The average molecular weight is 465 g/mol. The molecule has 5 rings (SSSR count). The monoisotopic (exact) mass is 464 g/mol. The molecular weight excluding hydrogens is 436 g/mol. The number of fused-ring (bicyclic) bond motifs is 2. The first-order valence-corrected chi connectivity index (χ1v) is 11.6. The number of hydrogen-bond donors (Lipinski definition) is 1. The van der Waals surface area contributed by atoms with Crippen LogP contribution in [0.2, 0.25) is 0 Å². The van der Waals surface area contributed by atoms with E-state index in [1.807, 2.05) is 36.4 Å². The van der Waals surface area contributed by atoms with E-state index < -0.39 is 11.9 Å². The third-order valence-corrected chi connectivity index (χ3v) is 6.37. The Morgan fingerprint density at radius 2 is 2.21 bits per heavy atom. The molecule has 4 heterocycles. The molecule has 1 amide bonds. The highest BCUT2D eigenvalue weighted by Crippen LogP contribution is 2.28. The first-order chi connectivity index (χ1) is 16.6. The van der Waals surface area contributed by atoms with Crippen molar-refractivity contribution in [3.63, 3.8) is 0 Å². The van der Waals surface area contributed by atoms with Crippen molar-refractivity contribution < 1.29 is 23.6 Å². The summed E-state index contributed by atoms with van der Waals surface area (Å²) in [6, 6.07) is 11.1. The van der Waals surface area contributed by atoms with Gasteiger partial charge in [-0.1, -0.05) is 6.07 Å². The Hall–Kier alpha value is -3.27. The van der Waals surface area contributed by atoms with Crippen molar-refractivity contribution in [2.45, 2.75) is 51.1 Å². The molecule has 0 radical (unpaired) electrons. The van der Waals surface area contributed by atoms with E-state index in [4.69, 9.17) is 19.7 Å². The van der Waals surface area contributed by atoms with Crippen molar-refractivity contribution in [1.82, 2.24) is 14.9 Å². The summed E-state index contributed by atoms with van der Waals surface area (Å²) in [5, 5.41) is 1.58. The molecule has 1 fully saturated rings. The molecule has 2 aliphatic rings. The van der Waals surface area contributed by atoms with Gasteiger partial charge >= 0.3 is 0 Å². The number of hydrogen-bond acceptors (Lipinski definition) is 8. The summed E-state index contributed by atoms with van der Waals surface area (Å²) in [6.07, 6.45) is 4.17. The average Bonchev–Trinajstić information content (AvgIpc) is 3.45. The highest BCUT2D eigenvalue weighted by Gasteiger charge is 2.29. The standard InChI is InChI=1S/C25H28N4O5/c26-25(31)23(3-2-10-30)29-13-18-11-19(6-5-17(18)16-32-29)33-20-7-9-28(14-20)15-21-12-22-24(34-21)4-1-8-27-22/h1,4-6,8,10-12,20,23H,2-3,7,9,13-16H2,(H2,26,31). The Morgan fingerprint density at radius 1 is 1.29 bits per heavy atom. The van der Waals surface area contributed by atoms with Crippen molar-refractivity contribution in [2.75, 3.05) is 13.1 Å². The number of benzene rings is 1. The molecule has 0 spiro atoms. The highest BCUT2D eigenvalue weighted by atomic mass is 16.7. The Labute approximate surface area is 197 Å². The van der Waals surface area contributed by atoms with Crippen molar-refractivity contribution in [3.05, 3.63) is 59.5 Å². The van der Waals surface area contributed by atoms with Crippen LogP contribution in [0, 0.1) is 0 Å². The van der Waals surface area contributed by atoms with E-state index >= 15 is 0 Å². The van der Waals surface area contributed by atoms with Crippen LogP contribution in [0.1, 0.15) is 36.1 Å². The SMILES string of the molecule is NC(=O)C(CCC=O)N1Cc2cc(OC3CCN(Cc4cc5ncccc5o4)C3)ccc2CO1. The summed E-state index contributed by atoms with van der Waals surface area (Å²) >= 11 is 0. The molecule has 0 saturated carbocycles. The third-order valence-electron chi connectivity index (χ3n) is 6.37. The van der Waals surface area contributed by atoms with Gasteiger partial charge in [0.1, 0.15) is 35.5 Å². The molecule has 2 atom stereocenters. The van der Waals surface area contributed by atoms with Crippen LogP contribution in [-0.4, -0.2) is 52.4 Å². The number of ether oxygens (including phenoxy) is 1. The number of nitrogens with zero attached hydrogens (tertiary/aromatic N) is 3. The topological polar surface area (TPSA) is 111 Å². The van der Waals surface area contributed by atoms with Crippen molar-refractivity contribution in [2.24, 2.45) is 5.73 Å². The predicted octanol–water partition coefficient (Wildman–Crippen LogP) is 2.56. The predicted molar refractivity (Wildman–Crippen MR) is 123 cm³/mol. The summed E-state index contributed by atoms with van der Waals surface area (Å²) in [5.41, 5.74) is 9.31. The second-order valence-electron chi connectivity index (χ2n) is 8.80. The molecule has 34 heavy (non-hydrogen) atoms. The minimum Gasteiger partial charge on any atom is -0.489 e. The van der Waals surface area contributed by atoms with Crippen LogP contribution < -0.4 is 10.5 Å². The highest BCUT2D eigenvalue weighted by molar-refractivity contribution is 5.80. The number of nitrogens with two attached hydrogens (primary N) is 1. The van der Waals surface area contributed by atoms with Crippen molar-refractivity contribution in [1.29, 1.82) is 0 Å². The van der Waals surface area contributed by atoms with E-state index in [-0.39, 0.29) is 12.5 Å². The Bertz CT molecular complexity index is 1150. The zero-order valence-electron chi connectivity index (χ0n) is 18.9. The number of carbonyl (C=O) groups excluding carboxylic acids is 2. The minimum atomic E-state index is -0.639. The smallest absolute Gasteiger partial charge is 0.237 e. The fourth-order valence-corrected chi connectivity index (χ4v) is 4.63. The molecule has 178 valence electrons. The maximum absolute atomic E-state index is 11.9. The number of likely N-dealkylation sites (tertiary alicyclic amines) is 1. The lowest BCUT2D eigenvalue weighted by Crippen LogP contribution is -2.45. The van der Waals surface area contributed by atoms with Gasteiger partial charge in [-0.05, 0) is 48.2 Å². The zero-order valence-corrected chi connectivity index (χ0v) is 18.9. The van der Waals surface area contributed by atoms with Crippen LogP contribution in [-0.2, 0) is 34.1 Å². The second-order valence-corrected chi connectivity index (χ2v) is 8.80. The Balaban J connectivity index is 1.19. The molecule has 2 aliphatic heterocycles. The fourth-order valence-electron chi connectivity index (χ4n) is 4.63. The quantitative estimate of drug-likeness (QED) is 0.481. The molecule has 0 bridgehead atoms. The van der Waals surface area contributed by atoms with Gasteiger partial charge in [0.25, 0.3) is 0 Å². The lowest BCUT2D eigenvalue weighted by Gasteiger charge is -2.33. The van der Waals surface area contributed by atoms with Crippen LogP contribution >= 0.6 is 0 Å². The summed E-state index contributed by atoms with van der Waals surface area (Å²) in [4.78, 5) is 35.0. The molecule has 9 heteroatoms. The molecule has 2 unspecified atom stereocenters. The molecule has 3 aromatic rings. The summed E-state index contributed by atoms with van der Waals surface area (Å²) < 4.78 is 12.2. The van der Waals surface area contributed by atoms with Gasteiger partial charge in [-0.15, -0.1) is 0 Å². The van der Waals surface area contributed by atoms with Crippen LogP contribution in [0.4, 0.5) is 0 Å². The van der Waals surface area contributed by atoms with Crippen LogP contribution in [0.3, 0.4) is 0 Å². The number of primary amides is 1. The van der Waals surface area contributed by atoms with Crippen LogP contribution in [0.15, 0.2) is 47.0 Å². The third kappa shape index (κ3) is 4.96. The Morgan fingerprint density at radius 3 is 3.03 bits per heavy atom. The zero-order chi connectivity index (χ0) is 23.5. The van der Waals surface area contributed by atoms with E-state index in [1.165, 1.54) is 0 Å². The van der Waals surface area contributed by atoms with Gasteiger partial charge < -0.3 is 19.7 Å².